The van der Waals surface area contributed by atoms with Crippen molar-refractivity contribution >= 4 is 0 Å². The van der Waals surface area contributed by atoms with Crippen LogP contribution >= 0.6 is 0 Å². The molecule has 0 saturated carbocycles. The molecule has 1 aromatic heterocycles. The zero-order valence-electron chi connectivity index (χ0n) is 26.8. The van der Waals surface area contributed by atoms with Gasteiger partial charge in [0, 0.05) is 22.1 Å². The monoisotopic (exact) mass is 583 g/mol. The Bertz CT molecular complexity index is 2060. The Morgan fingerprint density at radius 3 is 1.53 bits per heavy atom. The summed E-state index contributed by atoms with van der Waals surface area (Å²) in [5.41, 5.74) is 13.7. The average Bonchev–Trinajstić information content (AvgIpc) is 3.30. The Morgan fingerprint density at radius 1 is 0.400 bits per heavy atom. The van der Waals surface area contributed by atoms with Crippen LogP contribution in [0.25, 0.3) is 56.4 Å². The van der Waals surface area contributed by atoms with Crippen molar-refractivity contribution in [3.8, 4) is 56.4 Å². The lowest BCUT2D eigenvalue weighted by Gasteiger charge is -2.49. The lowest BCUT2D eigenvalue weighted by atomic mass is 9.54. The normalized spacial score (nSPS) is 16.3. The standard InChI is InChI=1S/C42H37N3/c1-40(2)34-25-28(39-44-37(26-15-9-7-10-16-26)43-38(45-39)27-17-11-8-12-18-27)21-22-29(34)30-23-24-33-35(36(30)40)31-19-13-14-20-32(31)41(3,4)42(33,5)6/h7-25H,1-6H3. The zero-order valence-corrected chi connectivity index (χ0v) is 26.8. The molecule has 2 aliphatic rings. The highest BCUT2D eigenvalue weighted by atomic mass is 15.0. The summed E-state index contributed by atoms with van der Waals surface area (Å²) in [6, 6.07) is 41.0. The molecule has 0 radical (unpaired) electrons. The first-order valence-electron chi connectivity index (χ1n) is 15.9. The molecule has 0 aliphatic heterocycles. The smallest absolute Gasteiger partial charge is 0.164 e. The largest absolute Gasteiger partial charge is 0.208 e. The van der Waals surface area contributed by atoms with Crippen LogP contribution in [0.1, 0.15) is 63.8 Å². The summed E-state index contributed by atoms with van der Waals surface area (Å²) >= 11 is 0. The molecule has 0 atom stereocenters. The Balaban J connectivity index is 1.32. The van der Waals surface area contributed by atoms with Crippen molar-refractivity contribution in [3.63, 3.8) is 0 Å². The zero-order chi connectivity index (χ0) is 31.1. The minimum atomic E-state index is -0.214. The average molecular weight is 584 g/mol. The molecule has 0 saturated heterocycles. The molecular formula is C42H37N3. The van der Waals surface area contributed by atoms with Gasteiger partial charge < -0.3 is 0 Å². The molecule has 0 amide bonds. The summed E-state index contributed by atoms with van der Waals surface area (Å²) in [6.45, 7) is 14.4. The van der Waals surface area contributed by atoms with Gasteiger partial charge in [-0.15, -0.1) is 0 Å². The maximum absolute atomic E-state index is 5.03. The van der Waals surface area contributed by atoms with E-state index in [1.54, 1.807) is 0 Å². The van der Waals surface area contributed by atoms with Crippen molar-refractivity contribution in [2.24, 2.45) is 0 Å². The second-order valence-corrected chi connectivity index (χ2v) is 14.1. The van der Waals surface area contributed by atoms with Gasteiger partial charge in [-0.1, -0.05) is 151 Å². The minimum absolute atomic E-state index is 0.000791. The number of hydrogen-bond acceptors (Lipinski definition) is 3. The van der Waals surface area contributed by atoms with Crippen molar-refractivity contribution in [1.82, 2.24) is 15.0 Å². The van der Waals surface area contributed by atoms with Crippen LogP contribution in [0.3, 0.4) is 0 Å². The number of benzene rings is 5. The number of hydrogen-bond donors (Lipinski definition) is 0. The quantitative estimate of drug-likeness (QED) is 0.208. The fourth-order valence-electron chi connectivity index (χ4n) is 7.70. The second kappa shape index (κ2) is 9.55. The van der Waals surface area contributed by atoms with Crippen LogP contribution in [0, 0.1) is 0 Å². The summed E-state index contributed by atoms with van der Waals surface area (Å²) in [7, 11) is 0. The van der Waals surface area contributed by atoms with Crippen molar-refractivity contribution in [2.45, 2.75) is 57.8 Å². The van der Waals surface area contributed by atoms with E-state index >= 15 is 0 Å². The minimum Gasteiger partial charge on any atom is -0.208 e. The Kier molecular flexibility index (Phi) is 5.87. The SMILES string of the molecule is CC1(C)c2cc(-c3nc(-c4ccccc4)nc(-c4ccccc4)n3)ccc2-c2ccc3c(c21)-c1ccccc1C(C)(C)C3(C)C. The molecule has 6 aromatic rings. The van der Waals surface area contributed by atoms with Crippen LogP contribution < -0.4 is 0 Å². The molecule has 5 aromatic carbocycles. The van der Waals surface area contributed by atoms with Gasteiger partial charge in [-0.3, -0.25) is 0 Å². The van der Waals surface area contributed by atoms with Gasteiger partial charge in [0.25, 0.3) is 0 Å². The lowest BCUT2D eigenvalue weighted by molar-refractivity contribution is 0.298. The third-order valence-corrected chi connectivity index (χ3v) is 10.9. The van der Waals surface area contributed by atoms with E-state index in [0.717, 1.165) is 16.7 Å². The summed E-state index contributed by atoms with van der Waals surface area (Å²) in [5, 5.41) is 0. The van der Waals surface area contributed by atoms with E-state index in [9.17, 15) is 0 Å². The third kappa shape index (κ3) is 3.93. The highest BCUT2D eigenvalue weighted by Crippen LogP contribution is 2.60. The van der Waals surface area contributed by atoms with E-state index in [2.05, 4.69) is 120 Å². The molecule has 3 nitrogen and oxygen atoms in total. The van der Waals surface area contributed by atoms with Crippen molar-refractivity contribution < 1.29 is 0 Å². The van der Waals surface area contributed by atoms with Gasteiger partial charge in [-0.2, -0.15) is 0 Å². The Morgan fingerprint density at radius 2 is 0.911 bits per heavy atom. The van der Waals surface area contributed by atoms with Crippen LogP contribution in [-0.2, 0) is 16.2 Å². The van der Waals surface area contributed by atoms with E-state index in [4.69, 9.17) is 15.0 Å². The van der Waals surface area contributed by atoms with Crippen LogP contribution in [0.15, 0.2) is 115 Å². The maximum atomic E-state index is 5.03. The van der Waals surface area contributed by atoms with Crippen molar-refractivity contribution in [2.75, 3.05) is 0 Å². The number of aromatic nitrogens is 3. The summed E-state index contributed by atoms with van der Waals surface area (Å²) < 4.78 is 0. The fourth-order valence-corrected chi connectivity index (χ4v) is 7.70. The molecule has 45 heavy (non-hydrogen) atoms. The fraction of sp³-hybridized carbons (Fsp3) is 0.214. The van der Waals surface area contributed by atoms with E-state index in [1.807, 2.05) is 36.4 Å². The van der Waals surface area contributed by atoms with Crippen LogP contribution in [0.2, 0.25) is 0 Å². The van der Waals surface area contributed by atoms with E-state index in [-0.39, 0.29) is 16.2 Å². The summed E-state index contributed by atoms with van der Waals surface area (Å²) in [4.78, 5) is 15.0. The van der Waals surface area contributed by atoms with Crippen LogP contribution in [0.5, 0.6) is 0 Å². The Labute approximate surface area is 266 Å². The first-order valence-corrected chi connectivity index (χ1v) is 15.9. The highest BCUT2D eigenvalue weighted by Gasteiger charge is 2.49. The molecule has 1 heterocycles. The maximum Gasteiger partial charge on any atom is 0.164 e. The number of nitrogens with zero attached hydrogens (tertiary/aromatic N) is 3. The molecule has 3 heteroatoms. The van der Waals surface area contributed by atoms with Gasteiger partial charge in [0.05, 0.1) is 0 Å². The first-order chi connectivity index (χ1) is 21.6. The first kappa shape index (κ1) is 27.6. The topological polar surface area (TPSA) is 38.7 Å². The number of rotatable bonds is 3. The molecule has 0 spiro atoms. The van der Waals surface area contributed by atoms with Crippen molar-refractivity contribution in [1.29, 1.82) is 0 Å². The predicted molar refractivity (Wildman–Crippen MR) is 185 cm³/mol. The van der Waals surface area contributed by atoms with E-state index in [1.165, 1.54) is 44.5 Å². The third-order valence-electron chi connectivity index (χ3n) is 10.9. The molecule has 0 N–H and O–H groups in total. The number of fused-ring (bicyclic) bond motifs is 7. The summed E-state index contributed by atoms with van der Waals surface area (Å²) in [6.07, 6.45) is 0. The van der Waals surface area contributed by atoms with Gasteiger partial charge in [0.2, 0.25) is 0 Å². The van der Waals surface area contributed by atoms with Gasteiger partial charge in [-0.05, 0) is 61.4 Å². The molecule has 0 unspecified atom stereocenters. The highest BCUT2D eigenvalue weighted by molar-refractivity contribution is 5.93. The van der Waals surface area contributed by atoms with Gasteiger partial charge >= 0.3 is 0 Å². The lowest BCUT2D eigenvalue weighted by Crippen LogP contribution is -2.44. The van der Waals surface area contributed by atoms with Crippen LogP contribution in [0.4, 0.5) is 0 Å². The molecule has 8 rings (SSSR count). The molecular weight excluding hydrogens is 546 g/mol. The van der Waals surface area contributed by atoms with Gasteiger partial charge in [-0.25, -0.2) is 15.0 Å². The van der Waals surface area contributed by atoms with E-state index in [0.29, 0.717) is 17.5 Å². The van der Waals surface area contributed by atoms with Crippen molar-refractivity contribution in [3.05, 3.63) is 138 Å². The predicted octanol–water partition coefficient (Wildman–Crippen LogP) is 10.4. The molecule has 0 fully saturated rings. The van der Waals surface area contributed by atoms with Gasteiger partial charge in [0.15, 0.2) is 17.5 Å². The molecule has 0 bridgehead atoms. The second-order valence-electron chi connectivity index (χ2n) is 14.1. The Hall–Kier alpha value is -4.89. The van der Waals surface area contributed by atoms with Crippen LogP contribution in [-0.4, -0.2) is 15.0 Å². The summed E-state index contributed by atoms with van der Waals surface area (Å²) in [5.74, 6) is 2.04. The molecule has 2 aliphatic carbocycles. The molecule has 220 valence electrons. The van der Waals surface area contributed by atoms with Gasteiger partial charge in [0.1, 0.15) is 0 Å². The van der Waals surface area contributed by atoms with E-state index < -0.39 is 0 Å².